The minimum Gasteiger partial charge on any atom is -0.469 e. The smallest absolute Gasteiger partial charge is 0.103 e. The molecular weight excluding hydrogens is 192 g/mol. The number of aryl methyl sites for hydroxylation is 1. The summed E-state index contributed by atoms with van der Waals surface area (Å²) >= 11 is 3.48. The van der Waals surface area contributed by atoms with Crippen LogP contribution in [0.5, 0.6) is 0 Å². The zero-order chi connectivity index (χ0) is 7.40. The summed E-state index contributed by atoms with van der Waals surface area (Å²) in [6, 6.07) is 3.93. The van der Waals surface area contributed by atoms with Crippen LogP contribution in [0.3, 0.4) is 0 Å². The second-order valence-electron chi connectivity index (χ2n) is 2.40. The first kappa shape index (κ1) is 7.86. The Morgan fingerprint density at radius 1 is 1.70 bits per heavy atom. The van der Waals surface area contributed by atoms with Crippen molar-refractivity contribution in [2.75, 3.05) is 0 Å². The first-order valence-corrected chi connectivity index (χ1v) is 4.37. The van der Waals surface area contributed by atoms with Crippen LogP contribution in [0.4, 0.5) is 0 Å². The molecule has 0 spiro atoms. The monoisotopic (exact) mass is 202 g/mol. The van der Waals surface area contributed by atoms with Gasteiger partial charge in [0.25, 0.3) is 0 Å². The van der Waals surface area contributed by atoms with E-state index >= 15 is 0 Å². The maximum absolute atomic E-state index is 5.16. The second-order valence-corrected chi connectivity index (χ2v) is 3.96. The Morgan fingerprint density at radius 2 is 2.50 bits per heavy atom. The summed E-state index contributed by atoms with van der Waals surface area (Å²) in [6.07, 6.45) is 3.88. The van der Waals surface area contributed by atoms with Crippen LogP contribution in [0, 0.1) is 0 Å². The van der Waals surface area contributed by atoms with Gasteiger partial charge in [-0.1, -0.05) is 22.9 Å². The molecule has 0 saturated carbocycles. The normalized spacial score (nSPS) is 13.4. The van der Waals surface area contributed by atoms with Gasteiger partial charge in [0.05, 0.1) is 6.26 Å². The van der Waals surface area contributed by atoms with E-state index < -0.39 is 0 Å². The van der Waals surface area contributed by atoms with E-state index in [1.807, 2.05) is 12.1 Å². The summed E-state index contributed by atoms with van der Waals surface area (Å²) < 4.78 is 5.16. The van der Waals surface area contributed by atoms with E-state index in [4.69, 9.17) is 4.42 Å². The molecule has 1 heterocycles. The molecule has 0 N–H and O–H groups in total. The number of furan rings is 1. The lowest BCUT2D eigenvalue weighted by Crippen LogP contribution is -1.91. The van der Waals surface area contributed by atoms with Gasteiger partial charge in [-0.3, -0.25) is 0 Å². The highest BCUT2D eigenvalue weighted by Gasteiger charge is 1.98. The van der Waals surface area contributed by atoms with Crippen molar-refractivity contribution in [1.29, 1.82) is 0 Å². The van der Waals surface area contributed by atoms with E-state index in [1.165, 1.54) is 0 Å². The summed E-state index contributed by atoms with van der Waals surface area (Å²) in [6.45, 7) is 2.14. The molecular formula is C8H11BrO. The molecule has 56 valence electrons. The van der Waals surface area contributed by atoms with Crippen LogP contribution < -0.4 is 0 Å². The van der Waals surface area contributed by atoms with Gasteiger partial charge < -0.3 is 4.42 Å². The van der Waals surface area contributed by atoms with Crippen molar-refractivity contribution in [3.8, 4) is 0 Å². The van der Waals surface area contributed by atoms with Crippen molar-refractivity contribution in [2.24, 2.45) is 0 Å². The zero-order valence-electron chi connectivity index (χ0n) is 6.01. The molecule has 1 nitrogen and oxygen atoms in total. The van der Waals surface area contributed by atoms with Crippen LogP contribution in [-0.4, -0.2) is 4.83 Å². The third kappa shape index (κ3) is 2.56. The van der Waals surface area contributed by atoms with Crippen molar-refractivity contribution < 1.29 is 4.42 Å². The highest BCUT2D eigenvalue weighted by molar-refractivity contribution is 9.09. The molecule has 0 aromatic carbocycles. The molecule has 10 heavy (non-hydrogen) atoms. The fourth-order valence-corrected chi connectivity index (χ4v) is 1.02. The molecule has 1 aromatic rings. The second kappa shape index (κ2) is 3.81. The molecule has 0 amide bonds. The molecule has 0 radical (unpaired) electrons. The standard InChI is InChI=1S/C8H11BrO/c1-7(9)4-5-8-3-2-6-10-8/h2-3,6-7H,4-5H2,1H3. The Labute approximate surface area is 69.6 Å². The fraction of sp³-hybridized carbons (Fsp3) is 0.500. The van der Waals surface area contributed by atoms with Crippen molar-refractivity contribution in [1.82, 2.24) is 0 Å². The Bertz CT molecular complexity index is 167. The van der Waals surface area contributed by atoms with Gasteiger partial charge >= 0.3 is 0 Å². The Balaban J connectivity index is 2.28. The first-order valence-electron chi connectivity index (χ1n) is 3.45. The van der Waals surface area contributed by atoms with Gasteiger partial charge in [0.15, 0.2) is 0 Å². The van der Waals surface area contributed by atoms with Gasteiger partial charge in [0.1, 0.15) is 5.76 Å². The lowest BCUT2D eigenvalue weighted by Gasteiger charge is -1.98. The van der Waals surface area contributed by atoms with E-state index in [1.54, 1.807) is 6.26 Å². The average Bonchev–Trinajstić information content (AvgIpc) is 2.34. The fourth-order valence-electron chi connectivity index (χ4n) is 0.796. The molecule has 1 rings (SSSR count). The van der Waals surface area contributed by atoms with Crippen LogP contribution >= 0.6 is 15.9 Å². The molecule has 0 bridgehead atoms. The van der Waals surface area contributed by atoms with Gasteiger partial charge in [-0.25, -0.2) is 0 Å². The van der Waals surface area contributed by atoms with Gasteiger partial charge in [0, 0.05) is 11.2 Å². The molecule has 0 aliphatic rings. The number of hydrogen-bond donors (Lipinski definition) is 0. The molecule has 0 aliphatic carbocycles. The summed E-state index contributed by atoms with van der Waals surface area (Å²) in [4.78, 5) is 0.581. The van der Waals surface area contributed by atoms with E-state index in [0.29, 0.717) is 4.83 Å². The number of rotatable bonds is 3. The third-order valence-electron chi connectivity index (χ3n) is 1.37. The molecule has 1 unspecified atom stereocenters. The first-order chi connectivity index (χ1) is 4.79. The summed E-state index contributed by atoms with van der Waals surface area (Å²) in [5.41, 5.74) is 0. The van der Waals surface area contributed by atoms with Crippen LogP contribution in [0.2, 0.25) is 0 Å². The Hall–Kier alpha value is -0.240. The molecule has 0 aliphatic heterocycles. The van der Waals surface area contributed by atoms with Crippen molar-refractivity contribution >= 4 is 15.9 Å². The van der Waals surface area contributed by atoms with Gasteiger partial charge in [-0.15, -0.1) is 0 Å². The molecule has 0 fully saturated rings. The van der Waals surface area contributed by atoms with Crippen molar-refractivity contribution in [3.05, 3.63) is 24.2 Å². The third-order valence-corrected chi connectivity index (χ3v) is 1.83. The van der Waals surface area contributed by atoms with E-state index in [-0.39, 0.29) is 0 Å². The summed E-state index contributed by atoms with van der Waals surface area (Å²) in [5.74, 6) is 1.08. The van der Waals surface area contributed by atoms with Gasteiger partial charge in [-0.05, 0) is 18.6 Å². The zero-order valence-corrected chi connectivity index (χ0v) is 7.60. The minimum absolute atomic E-state index is 0.581. The van der Waals surface area contributed by atoms with E-state index in [2.05, 4.69) is 22.9 Å². The van der Waals surface area contributed by atoms with Gasteiger partial charge in [-0.2, -0.15) is 0 Å². The maximum Gasteiger partial charge on any atom is 0.103 e. The summed E-state index contributed by atoms with van der Waals surface area (Å²) in [5, 5.41) is 0. The van der Waals surface area contributed by atoms with Crippen molar-refractivity contribution in [3.63, 3.8) is 0 Å². The highest BCUT2D eigenvalue weighted by atomic mass is 79.9. The number of halogens is 1. The number of alkyl halides is 1. The van der Waals surface area contributed by atoms with E-state index in [9.17, 15) is 0 Å². The predicted octanol–water partition coefficient (Wildman–Crippen LogP) is 3.00. The molecule has 2 heteroatoms. The Kier molecular flexibility index (Phi) is 3.00. The summed E-state index contributed by atoms with van der Waals surface area (Å²) in [7, 11) is 0. The quantitative estimate of drug-likeness (QED) is 0.688. The lowest BCUT2D eigenvalue weighted by molar-refractivity contribution is 0.502. The maximum atomic E-state index is 5.16. The largest absolute Gasteiger partial charge is 0.469 e. The lowest BCUT2D eigenvalue weighted by atomic mass is 10.2. The Morgan fingerprint density at radius 3 is 3.00 bits per heavy atom. The SMILES string of the molecule is CC(Br)CCc1ccco1. The van der Waals surface area contributed by atoms with Crippen LogP contribution in [0.15, 0.2) is 22.8 Å². The minimum atomic E-state index is 0.581. The topological polar surface area (TPSA) is 13.1 Å². The molecule has 0 saturated heterocycles. The molecule has 1 atom stereocenters. The van der Waals surface area contributed by atoms with Crippen LogP contribution in [0.1, 0.15) is 19.1 Å². The highest BCUT2D eigenvalue weighted by Crippen LogP contribution is 2.09. The van der Waals surface area contributed by atoms with Crippen LogP contribution in [0.25, 0.3) is 0 Å². The van der Waals surface area contributed by atoms with Crippen molar-refractivity contribution in [2.45, 2.75) is 24.6 Å². The average molecular weight is 203 g/mol. The van der Waals surface area contributed by atoms with Gasteiger partial charge in [0.2, 0.25) is 0 Å². The van der Waals surface area contributed by atoms with E-state index in [0.717, 1.165) is 18.6 Å². The predicted molar refractivity (Wildman–Crippen MR) is 45.4 cm³/mol. The molecule has 1 aromatic heterocycles. The van der Waals surface area contributed by atoms with Crippen LogP contribution in [-0.2, 0) is 6.42 Å². The number of hydrogen-bond acceptors (Lipinski definition) is 1.